The van der Waals surface area contributed by atoms with Gasteiger partial charge in [-0.25, -0.2) is 4.79 Å². The van der Waals surface area contributed by atoms with Gasteiger partial charge in [0, 0.05) is 19.0 Å². The van der Waals surface area contributed by atoms with Crippen molar-refractivity contribution in [1.29, 1.82) is 0 Å². The van der Waals surface area contributed by atoms with Crippen LogP contribution in [0.25, 0.3) is 0 Å². The van der Waals surface area contributed by atoms with Crippen LogP contribution in [0.1, 0.15) is 48.0 Å². The van der Waals surface area contributed by atoms with Crippen LogP contribution in [-0.4, -0.2) is 53.7 Å². The Labute approximate surface area is 174 Å². The lowest BCUT2D eigenvalue weighted by Crippen LogP contribution is -2.42. The highest BCUT2D eigenvalue weighted by molar-refractivity contribution is 7.15. The zero-order valence-electron chi connectivity index (χ0n) is 16.9. The van der Waals surface area contributed by atoms with Crippen LogP contribution in [0.5, 0.6) is 5.75 Å². The Bertz CT molecular complexity index is 871. The Morgan fingerprint density at radius 2 is 2.00 bits per heavy atom. The summed E-state index contributed by atoms with van der Waals surface area (Å²) in [5.41, 5.74) is 0.442. The Hall–Kier alpha value is -2.19. The van der Waals surface area contributed by atoms with Gasteiger partial charge in [0.1, 0.15) is 16.9 Å². The molecule has 1 aliphatic carbocycles. The molecule has 1 saturated carbocycles. The zero-order chi connectivity index (χ0) is 20.5. The van der Waals surface area contributed by atoms with E-state index in [4.69, 9.17) is 9.47 Å². The number of aromatic nitrogens is 2. The third-order valence-corrected chi connectivity index (χ3v) is 7.11. The van der Waals surface area contributed by atoms with Crippen molar-refractivity contribution < 1.29 is 19.4 Å². The smallest absolute Gasteiger partial charge is 0.337 e. The summed E-state index contributed by atoms with van der Waals surface area (Å²) < 4.78 is 10.9. The number of fused-ring (bicyclic) bond motifs is 1. The third-order valence-electron chi connectivity index (χ3n) is 5.82. The maximum absolute atomic E-state index is 11.7. The van der Waals surface area contributed by atoms with Crippen LogP contribution in [0, 0.1) is 11.8 Å². The van der Waals surface area contributed by atoms with Crippen LogP contribution in [0.2, 0.25) is 0 Å². The number of aliphatic hydroxyl groups is 1. The number of carbonyl (C=O) groups excluding carboxylic acids is 1. The van der Waals surface area contributed by atoms with Crippen LogP contribution in [0.3, 0.4) is 0 Å². The van der Waals surface area contributed by atoms with Gasteiger partial charge >= 0.3 is 5.97 Å². The molecule has 29 heavy (non-hydrogen) atoms. The molecule has 1 N–H and O–H groups in total. The second-order valence-electron chi connectivity index (χ2n) is 8.22. The minimum absolute atomic E-state index is 0.287. The fourth-order valence-electron chi connectivity index (χ4n) is 4.25. The first-order chi connectivity index (χ1) is 13.9. The van der Waals surface area contributed by atoms with E-state index in [1.54, 1.807) is 35.6 Å². The number of carbonyl (C=O) groups is 1. The summed E-state index contributed by atoms with van der Waals surface area (Å²) in [4.78, 5) is 14.0. The summed E-state index contributed by atoms with van der Waals surface area (Å²) in [6.07, 6.45) is 0.669. The first kappa shape index (κ1) is 20.1. The number of hydrogen-bond donors (Lipinski definition) is 1. The van der Waals surface area contributed by atoms with Crippen LogP contribution >= 0.6 is 11.3 Å². The molecule has 0 unspecified atom stereocenters. The van der Waals surface area contributed by atoms with E-state index < -0.39 is 12.1 Å². The highest BCUT2D eigenvalue weighted by Gasteiger charge is 2.43. The fraction of sp³-hybridized carbons (Fsp3) is 0.571. The van der Waals surface area contributed by atoms with E-state index in [1.807, 2.05) is 0 Å². The van der Waals surface area contributed by atoms with E-state index in [1.165, 1.54) is 7.11 Å². The fourth-order valence-corrected chi connectivity index (χ4v) is 5.11. The summed E-state index contributed by atoms with van der Waals surface area (Å²) in [7, 11) is 1.36. The van der Waals surface area contributed by atoms with Gasteiger partial charge in [-0.05, 0) is 42.9 Å². The standard InChI is InChI=1S/C21H27N3O4S/c1-12(2)19-22-23-21(29-19)24-10-14-8-17(25)18(9-15(14)11-24)28-16-6-4-5-13(7-16)20(26)27-3/h4-7,12,14-15,17-18,25H,8-11H2,1-3H3/t14-,15+,17+,18+/m0/s1. The number of esters is 1. The average Bonchev–Trinajstić information content (AvgIpc) is 3.35. The molecule has 2 heterocycles. The first-order valence-corrected chi connectivity index (χ1v) is 10.9. The summed E-state index contributed by atoms with van der Waals surface area (Å²) >= 11 is 1.66. The van der Waals surface area contributed by atoms with E-state index in [2.05, 4.69) is 28.9 Å². The molecule has 7 nitrogen and oxygen atoms in total. The average molecular weight is 418 g/mol. The number of ether oxygens (including phenoxy) is 2. The molecule has 0 radical (unpaired) electrons. The van der Waals surface area contributed by atoms with E-state index in [-0.39, 0.29) is 6.10 Å². The topological polar surface area (TPSA) is 84.8 Å². The molecule has 4 atom stereocenters. The predicted molar refractivity (Wildman–Crippen MR) is 111 cm³/mol. The molecule has 1 aromatic heterocycles. The van der Waals surface area contributed by atoms with Crippen molar-refractivity contribution in [2.24, 2.45) is 11.8 Å². The molecule has 2 fully saturated rings. The highest BCUT2D eigenvalue weighted by atomic mass is 32.1. The second-order valence-corrected chi connectivity index (χ2v) is 9.20. The molecule has 156 valence electrons. The minimum atomic E-state index is -0.529. The van der Waals surface area contributed by atoms with Crippen molar-refractivity contribution in [2.75, 3.05) is 25.1 Å². The SMILES string of the molecule is COC(=O)c1cccc(O[C@@H]2C[C@@H]3CN(c4nnc(C(C)C)s4)C[C@@H]3C[C@H]2O)c1. The molecular formula is C21H27N3O4S. The summed E-state index contributed by atoms with van der Waals surface area (Å²) in [6, 6.07) is 6.92. The van der Waals surface area contributed by atoms with Crippen molar-refractivity contribution in [2.45, 2.75) is 44.8 Å². The van der Waals surface area contributed by atoms with Crippen molar-refractivity contribution in [3.8, 4) is 5.75 Å². The molecule has 4 rings (SSSR count). The Kier molecular flexibility index (Phi) is 5.74. The molecule has 2 aromatic rings. The quantitative estimate of drug-likeness (QED) is 0.748. The number of aliphatic hydroxyl groups excluding tert-OH is 1. The largest absolute Gasteiger partial charge is 0.488 e. The van der Waals surface area contributed by atoms with Gasteiger partial charge < -0.3 is 19.5 Å². The molecule has 0 spiro atoms. The van der Waals surface area contributed by atoms with Crippen LogP contribution in [0.4, 0.5) is 5.13 Å². The molecule has 0 amide bonds. The predicted octanol–water partition coefficient (Wildman–Crippen LogP) is 3.10. The number of anilines is 1. The van der Waals surface area contributed by atoms with Gasteiger partial charge in [0.25, 0.3) is 0 Å². The maximum atomic E-state index is 11.7. The number of methoxy groups -OCH3 is 1. The monoisotopic (exact) mass is 417 g/mol. The Morgan fingerprint density at radius 1 is 1.24 bits per heavy atom. The van der Waals surface area contributed by atoms with Crippen molar-refractivity contribution >= 4 is 22.4 Å². The molecule has 2 aliphatic rings. The summed E-state index contributed by atoms with van der Waals surface area (Å²) in [5, 5.41) is 21.4. The summed E-state index contributed by atoms with van der Waals surface area (Å²) in [6.45, 7) is 6.06. The zero-order valence-corrected chi connectivity index (χ0v) is 17.8. The van der Waals surface area contributed by atoms with E-state index >= 15 is 0 Å². The summed E-state index contributed by atoms with van der Waals surface area (Å²) in [5.74, 6) is 1.43. The van der Waals surface area contributed by atoms with Gasteiger partial charge in [0.15, 0.2) is 0 Å². The van der Waals surface area contributed by atoms with E-state index in [9.17, 15) is 9.90 Å². The molecule has 1 aromatic carbocycles. The lowest BCUT2D eigenvalue weighted by Gasteiger charge is -2.35. The molecule has 0 bridgehead atoms. The molecular weight excluding hydrogens is 390 g/mol. The number of nitrogens with zero attached hydrogens (tertiary/aromatic N) is 3. The molecule has 8 heteroatoms. The lowest BCUT2D eigenvalue weighted by molar-refractivity contribution is -0.0231. The maximum Gasteiger partial charge on any atom is 0.337 e. The van der Waals surface area contributed by atoms with Gasteiger partial charge in [-0.3, -0.25) is 0 Å². The van der Waals surface area contributed by atoms with E-state index in [0.29, 0.717) is 35.5 Å². The first-order valence-electron chi connectivity index (χ1n) is 10.1. The van der Waals surface area contributed by atoms with Gasteiger partial charge in [-0.15, -0.1) is 10.2 Å². The third kappa shape index (κ3) is 4.23. The molecule has 1 saturated heterocycles. The highest BCUT2D eigenvalue weighted by Crippen LogP contribution is 2.40. The Balaban J connectivity index is 1.42. The van der Waals surface area contributed by atoms with Gasteiger partial charge in [0.2, 0.25) is 5.13 Å². The van der Waals surface area contributed by atoms with Gasteiger partial charge in [0.05, 0.1) is 18.8 Å². The van der Waals surface area contributed by atoms with Crippen molar-refractivity contribution in [1.82, 2.24) is 10.2 Å². The van der Waals surface area contributed by atoms with Crippen molar-refractivity contribution in [3.63, 3.8) is 0 Å². The van der Waals surface area contributed by atoms with E-state index in [0.717, 1.165) is 29.6 Å². The van der Waals surface area contributed by atoms with Gasteiger partial charge in [-0.2, -0.15) is 0 Å². The normalized spacial score (nSPS) is 26.4. The number of benzene rings is 1. The minimum Gasteiger partial charge on any atom is -0.488 e. The van der Waals surface area contributed by atoms with Crippen LogP contribution in [-0.2, 0) is 4.74 Å². The van der Waals surface area contributed by atoms with Crippen molar-refractivity contribution in [3.05, 3.63) is 34.8 Å². The van der Waals surface area contributed by atoms with Crippen LogP contribution in [0.15, 0.2) is 24.3 Å². The number of rotatable bonds is 5. The van der Waals surface area contributed by atoms with Crippen LogP contribution < -0.4 is 9.64 Å². The Morgan fingerprint density at radius 3 is 2.69 bits per heavy atom. The van der Waals surface area contributed by atoms with Gasteiger partial charge in [-0.1, -0.05) is 31.3 Å². The lowest BCUT2D eigenvalue weighted by atomic mass is 9.78. The molecule has 1 aliphatic heterocycles. The second kappa shape index (κ2) is 8.28. The number of hydrogen-bond acceptors (Lipinski definition) is 8.